The van der Waals surface area contributed by atoms with Crippen LogP contribution in [0.1, 0.15) is 33.6 Å². The molecular weight excluding hydrogens is 485 g/mol. The number of carbonyl (C=O) groups excluding carboxylic acids is 2. The van der Waals surface area contributed by atoms with Crippen molar-refractivity contribution in [1.29, 1.82) is 0 Å². The van der Waals surface area contributed by atoms with Gasteiger partial charge in [0, 0.05) is 35.7 Å². The van der Waals surface area contributed by atoms with Gasteiger partial charge >= 0.3 is 23.1 Å². The summed E-state index contributed by atoms with van der Waals surface area (Å²) >= 11 is 0. The topological polar surface area (TPSA) is 173 Å². The van der Waals surface area contributed by atoms with E-state index in [0.29, 0.717) is 11.1 Å². The molecule has 33 heavy (non-hydrogen) atoms. The van der Waals surface area contributed by atoms with Crippen LogP contribution in [0.25, 0.3) is 0 Å². The average molecular weight is 509 g/mol. The molecule has 0 unspecified atom stereocenters. The Morgan fingerprint density at radius 3 is 1.21 bits per heavy atom. The monoisotopic (exact) mass is 508 g/mol. The second-order valence-electron chi connectivity index (χ2n) is 6.47. The molecule has 0 aliphatic heterocycles. The fraction of sp³-hybridized carbons (Fsp3) is 0.300. The van der Waals surface area contributed by atoms with Crippen molar-refractivity contribution in [2.75, 3.05) is 24.6 Å². The van der Waals surface area contributed by atoms with E-state index >= 15 is 0 Å². The van der Waals surface area contributed by atoms with Crippen LogP contribution in [0.5, 0.6) is 0 Å². The molecule has 0 saturated heterocycles. The van der Waals surface area contributed by atoms with Crippen molar-refractivity contribution in [2.45, 2.75) is 12.8 Å². The number of carbonyl (C=O) groups is 2. The summed E-state index contributed by atoms with van der Waals surface area (Å²) in [5.74, 6) is -1.46. The van der Waals surface area contributed by atoms with E-state index in [1.807, 2.05) is 0 Å². The van der Waals surface area contributed by atoms with Crippen molar-refractivity contribution in [3.63, 3.8) is 0 Å². The summed E-state index contributed by atoms with van der Waals surface area (Å²) in [6.07, 6.45) is 0.259. The molecule has 2 aromatic carbocycles. The molecule has 0 aliphatic rings. The molecule has 0 spiro atoms. The summed E-state index contributed by atoms with van der Waals surface area (Å²) in [7, 11) is -8.38. The van der Waals surface area contributed by atoms with Gasteiger partial charge in [0.25, 0.3) is 11.8 Å². The van der Waals surface area contributed by atoms with Gasteiger partial charge in [-0.3, -0.25) is 9.59 Å². The standard InChI is InChI=1S/2C10H13NO4S.Mg/c2*12-10(9-5-2-1-3-6-9)11-7-4-8-16(13,14)15;/h2*1-3,5-6H,4,7-8H2,(H,11,12)(H,13,14,15);/q;;+2/p-2. The Hall–Kier alpha value is -2.03. The molecule has 0 bridgehead atoms. The molecule has 10 nitrogen and oxygen atoms in total. The van der Waals surface area contributed by atoms with Gasteiger partial charge in [0.15, 0.2) is 0 Å². The van der Waals surface area contributed by atoms with E-state index in [0.717, 1.165) is 0 Å². The van der Waals surface area contributed by atoms with E-state index in [1.54, 1.807) is 60.7 Å². The van der Waals surface area contributed by atoms with E-state index in [9.17, 15) is 35.5 Å². The first-order valence-corrected chi connectivity index (χ1v) is 12.7. The summed E-state index contributed by atoms with van der Waals surface area (Å²) < 4.78 is 61.7. The minimum absolute atomic E-state index is 0. The average Bonchev–Trinajstić information content (AvgIpc) is 2.74. The van der Waals surface area contributed by atoms with E-state index in [-0.39, 0.29) is 60.8 Å². The first-order valence-electron chi connectivity index (χ1n) is 9.51. The summed E-state index contributed by atoms with van der Waals surface area (Å²) in [6.45, 7) is 0.352. The molecular formula is C20H24MgN2O8S2. The van der Waals surface area contributed by atoms with Crippen molar-refractivity contribution >= 4 is 55.1 Å². The second kappa shape index (κ2) is 15.7. The maximum absolute atomic E-state index is 11.4. The van der Waals surface area contributed by atoms with Crippen LogP contribution in [0.4, 0.5) is 0 Å². The SMILES string of the molecule is O=C(NCCCS(=O)(=O)[O-])c1ccccc1.O=C(NCCCS(=O)(=O)[O-])c1ccccc1.[Mg+2]. The minimum Gasteiger partial charge on any atom is -0.748 e. The zero-order valence-corrected chi connectivity index (χ0v) is 20.9. The molecule has 0 radical (unpaired) electrons. The van der Waals surface area contributed by atoms with Gasteiger partial charge in [-0.2, -0.15) is 0 Å². The van der Waals surface area contributed by atoms with Crippen LogP contribution >= 0.6 is 0 Å². The minimum atomic E-state index is -4.19. The smallest absolute Gasteiger partial charge is 0.748 e. The van der Waals surface area contributed by atoms with Gasteiger partial charge in [-0.1, -0.05) is 36.4 Å². The molecule has 0 atom stereocenters. The molecule has 176 valence electrons. The third-order valence-electron chi connectivity index (χ3n) is 3.79. The molecule has 0 saturated carbocycles. The van der Waals surface area contributed by atoms with Crippen LogP contribution in [0.3, 0.4) is 0 Å². The molecule has 13 heteroatoms. The van der Waals surface area contributed by atoms with E-state index < -0.39 is 31.7 Å². The Morgan fingerprint density at radius 1 is 0.636 bits per heavy atom. The van der Waals surface area contributed by atoms with Gasteiger partial charge < -0.3 is 19.7 Å². The van der Waals surface area contributed by atoms with Gasteiger partial charge in [-0.15, -0.1) is 0 Å². The molecule has 0 fully saturated rings. The second-order valence-corrected chi connectivity index (χ2v) is 9.52. The summed E-state index contributed by atoms with van der Waals surface area (Å²) in [6, 6.07) is 17.1. The van der Waals surface area contributed by atoms with Gasteiger partial charge in [-0.25, -0.2) is 16.8 Å². The van der Waals surface area contributed by atoms with Crippen molar-refractivity contribution in [1.82, 2.24) is 10.6 Å². The predicted octanol–water partition coefficient (Wildman–Crippen LogP) is 0.323. The zero-order valence-electron chi connectivity index (χ0n) is 17.8. The number of nitrogens with one attached hydrogen (secondary N) is 2. The third-order valence-corrected chi connectivity index (χ3v) is 5.36. The quantitative estimate of drug-likeness (QED) is 0.262. The summed E-state index contributed by atoms with van der Waals surface area (Å²) in [5, 5.41) is 5.06. The number of amides is 2. The van der Waals surface area contributed by atoms with Gasteiger partial charge in [-0.05, 0) is 37.1 Å². The van der Waals surface area contributed by atoms with Crippen LogP contribution < -0.4 is 10.6 Å². The van der Waals surface area contributed by atoms with Gasteiger partial charge in [0.2, 0.25) is 0 Å². The third kappa shape index (κ3) is 16.3. The van der Waals surface area contributed by atoms with E-state index in [4.69, 9.17) is 0 Å². The first-order chi connectivity index (χ1) is 15.0. The zero-order chi connectivity index (χ0) is 24.0. The maximum Gasteiger partial charge on any atom is 2.00 e. The normalized spacial score (nSPS) is 10.7. The van der Waals surface area contributed by atoms with Crippen LogP contribution in [0.15, 0.2) is 60.7 Å². The molecule has 2 amide bonds. The maximum atomic E-state index is 11.4. The van der Waals surface area contributed by atoms with Gasteiger partial charge in [0.05, 0.1) is 20.2 Å². The Labute approximate surface area is 209 Å². The molecule has 2 N–H and O–H groups in total. The van der Waals surface area contributed by atoms with Crippen LogP contribution in [-0.4, -0.2) is 85.4 Å². The Kier molecular flexibility index (Phi) is 14.8. The van der Waals surface area contributed by atoms with Crippen LogP contribution in [0.2, 0.25) is 0 Å². The molecule has 0 heterocycles. The molecule has 0 aromatic heterocycles. The van der Waals surface area contributed by atoms with E-state index in [1.165, 1.54) is 0 Å². The Balaban J connectivity index is 0.000000602. The Bertz CT molecular complexity index is 976. The fourth-order valence-electron chi connectivity index (χ4n) is 2.28. The predicted molar refractivity (Wildman–Crippen MR) is 122 cm³/mol. The van der Waals surface area contributed by atoms with Crippen molar-refractivity contribution < 1.29 is 35.5 Å². The summed E-state index contributed by atoms with van der Waals surface area (Å²) in [4.78, 5) is 22.9. The van der Waals surface area contributed by atoms with Crippen LogP contribution in [-0.2, 0) is 20.2 Å². The number of rotatable bonds is 10. The van der Waals surface area contributed by atoms with E-state index in [2.05, 4.69) is 10.6 Å². The fourth-order valence-corrected chi connectivity index (χ4v) is 3.28. The van der Waals surface area contributed by atoms with Crippen molar-refractivity contribution in [2.24, 2.45) is 0 Å². The molecule has 0 aliphatic carbocycles. The molecule has 2 aromatic rings. The van der Waals surface area contributed by atoms with Gasteiger partial charge in [0.1, 0.15) is 0 Å². The number of hydrogen-bond donors (Lipinski definition) is 2. The number of hydrogen-bond acceptors (Lipinski definition) is 8. The van der Waals surface area contributed by atoms with Crippen LogP contribution in [0, 0.1) is 0 Å². The number of benzene rings is 2. The Morgan fingerprint density at radius 2 is 0.939 bits per heavy atom. The molecule has 2 rings (SSSR count). The van der Waals surface area contributed by atoms with Crippen molar-refractivity contribution in [3.8, 4) is 0 Å². The first kappa shape index (κ1) is 31.0. The largest absolute Gasteiger partial charge is 2.00 e. The van der Waals surface area contributed by atoms with Crippen molar-refractivity contribution in [3.05, 3.63) is 71.8 Å². The summed E-state index contributed by atoms with van der Waals surface area (Å²) in [5.41, 5.74) is 1.01.